The summed E-state index contributed by atoms with van der Waals surface area (Å²) < 4.78 is 6.09. The smallest absolute Gasteiger partial charge is 0.152 e. The minimum absolute atomic E-state index is 0.0558. The van der Waals surface area contributed by atoms with Gasteiger partial charge >= 0.3 is 0 Å². The quantitative estimate of drug-likeness (QED) is 0.723. The van der Waals surface area contributed by atoms with Gasteiger partial charge in [0.2, 0.25) is 0 Å². The minimum atomic E-state index is 0.0558. The molecule has 0 bridgehead atoms. The summed E-state index contributed by atoms with van der Waals surface area (Å²) in [7, 11) is 0. The Balaban J connectivity index is 2.22. The van der Waals surface area contributed by atoms with E-state index < -0.39 is 0 Å². The van der Waals surface area contributed by atoms with Crippen LogP contribution in [0.4, 0.5) is 0 Å². The van der Waals surface area contributed by atoms with Crippen LogP contribution in [0.3, 0.4) is 0 Å². The second-order valence-electron chi connectivity index (χ2n) is 4.22. The highest BCUT2D eigenvalue weighted by Crippen LogP contribution is 2.18. The van der Waals surface area contributed by atoms with E-state index in [0.717, 1.165) is 13.0 Å². The van der Waals surface area contributed by atoms with Crippen LogP contribution in [0.5, 0.6) is 0 Å². The highest BCUT2D eigenvalue weighted by molar-refractivity contribution is 7.93. The summed E-state index contributed by atoms with van der Waals surface area (Å²) in [6, 6.07) is 4.26. The predicted molar refractivity (Wildman–Crippen MR) is 67.0 cm³/mol. The van der Waals surface area contributed by atoms with Crippen LogP contribution >= 0.6 is 11.3 Å². The normalized spacial score (nSPS) is 14.3. The topological polar surface area (TPSA) is 9.23 Å². The van der Waals surface area contributed by atoms with Crippen molar-refractivity contribution in [1.29, 1.82) is 0 Å². The van der Waals surface area contributed by atoms with Crippen LogP contribution in [0.25, 0.3) is 0 Å². The van der Waals surface area contributed by atoms with Crippen LogP contribution in [0.2, 0.25) is 0 Å². The standard InChI is InChI=1S/C11H19OS2/c1-11(2,3)14(4)12-8-7-10-6-5-9-13-10/h5-6,9H,7-8H2,1-4H3/q+1. The van der Waals surface area contributed by atoms with Crippen molar-refractivity contribution in [2.75, 3.05) is 12.9 Å². The molecule has 0 saturated heterocycles. The Hall–Kier alpha value is 0.01000. The van der Waals surface area contributed by atoms with Crippen molar-refractivity contribution in [1.82, 2.24) is 0 Å². The number of thiophene rings is 1. The molecule has 0 saturated carbocycles. The Morgan fingerprint density at radius 3 is 2.64 bits per heavy atom. The molecular weight excluding hydrogens is 212 g/mol. The summed E-state index contributed by atoms with van der Waals surface area (Å²) in [5, 5.41) is 2.12. The molecular formula is C11H19OS2+. The molecule has 0 radical (unpaired) electrons. The van der Waals surface area contributed by atoms with Gasteiger partial charge in [-0.3, -0.25) is 0 Å². The van der Waals surface area contributed by atoms with Crippen molar-refractivity contribution in [3.63, 3.8) is 0 Å². The van der Waals surface area contributed by atoms with Gasteiger partial charge in [0, 0.05) is 11.3 Å². The molecule has 0 aromatic carbocycles. The fraction of sp³-hybridized carbons (Fsp3) is 0.636. The third-order valence-electron chi connectivity index (χ3n) is 2.05. The average molecular weight is 231 g/mol. The fourth-order valence-electron chi connectivity index (χ4n) is 0.899. The SMILES string of the molecule is C[S+](OCCc1cccs1)C(C)(C)C. The Bertz CT molecular complexity index is 249. The zero-order valence-corrected chi connectivity index (χ0v) is 11.0. The van der Waals surface area contributed by atoms with Gasteiger partial charge in [0.1, 0.15) is 24.0 Å². The first kappa shape index (κ1) is 12.1. The van der Waals surface area contributed by atoms with E-state index in [-0.39, 0.29) is 15.9 Å². The first-order valence-electron chi connectivity index (χ1n) is 4.82. The summed E-state index contributed by atoms with van der Waals surface area (Å²) in [6.07, 6.45) is 3.22. The zero-order chi connectivity index (χ0) is 10.6. The molecule has 0 amide bonds. The lowest BCUT2D eigenvalue weighted by molar-refractivity contribution is 0.359. The van der Waals surface area contributed by atoms with Gasteiger partial charge in [-0.15, -0.1) is 11.3 Å². The van der Waals surface area contributed by atoms with E-state index in [9.17, 15) is 0 Å². The lowest BCUT2D eigenvalue weighted by Gasteiger charge is -2.15. The molecule has 0 aliphatic heterocycles. The van der Waals surface area contributed by atoms with Gasteiger partial charge in [-0.05, 0) is 32.2 Å². The Morgan fingerprint density at radius 1 is 1.43 bits per heavy atom. The molecule has 1 aromatic heterocycles. The van der Waals surface area contributed by atoms with Gasteiger partial charge in [-0.1, -0.05) is 6.07 Å². The second kappa shape index (κ2) is 5.19. The van der Waals surface area contributed by atoms with Crippen LogP contribution in [-0.4, -0.2) is 17.6 Å². The van der Waals surface area contributed by atoms with Crippen LogP contribution in [0.15, 0.2) is 17.5 Å². The van der Waals surface area contributed by atoms with Crippen molar-refractivity contribution in [3.05, 3.63) is 22.4 Å². The van der Waals surface area contributed by atoms with Gasteiger partial charge in [-0.2, -0.15) is 4.18 Å². The van der Waals surface area contributed by atoms with Gasteiger partial charge in [0.05, 0.1) is 0 Å². The molecule has 1 nitrogen and oxygen atoms in total. The van der Waals surface area contributed by atoms with Crippen LogP contribution in [0, 0.1) is 0 Å². The third-order valence-corrected chi connectivity index (χ3v) is 5.23. The maximum Gasteiger partial charge on any atom is 0.152 e. The van der Waals surface area contributed by atoms with Crippen molar-refractivity contribution < 1.29 is 4.18 Å². The Morgan fingerprint density at radius 2 is 2.14 bits per heavy atom. The molecule has 1 atom stereocenters. The first-order valence-corrected chi connectivity index (χ1v) is 7.25. The van der Waals surface area contributed by atoms with E-state index in [1.807, 2.05) is 0 Å². The van der Waals surface area contributed by atoms with Crippen molar-refractivity contribution in [2.24, 2.45) is 0 Å². The number of hydrogen-bond donors (Lipinski definition) is 0. The predicted octanol–water partition coefficient (Wildman–Crippen LogP) is 3.27. The zero-order valence-electron chi connectivity index (χ0n) is 9.37. The van der Waals surface area contributed by atoms with E-state index in [1.54, 1.807) is 11.3 Å². The third kappa shape index (κ3) is 4.03. The van der Waals surface area contributed by atoms with Crippen molar-refractivity contribution in [3.8, 4) is 0 Å². The van der Waals surface area contributed by atoms with Crippen molar-refractivity contribution >= 4 is 22.5 Å². The highest BCUT2D eigenvalue weighted by atomic mass is 32.2. The Labute approximate surface area is 94.0 Å². The van der Waals surface area contributed by atoms with E-state index in [0.29, 0.717) is 0 Å². The highest BCUT2D eigenvalue weighted by Gasteiger charge is 2.31. The fourth-order valence-corrected chi connectivity index (χ4v) is 2.28. The minimum Gasteiger partial charge on any atom is -0.173 e. The van der Waals surface area contributed by atoms with Gasteiger partial charge in [0.15, 0.2) is 4.75 Å². The maximum atomic E-state index is 5.81. The maximum absolute atomic E-state index is 5.81. The van der Waals surface area contributed by atoms with Gasteiger partial charge in [0.25, 0.3) is 0 Å². The lowest BCUT2D eigenvalue weighted by atomic mass is 10.3. The molecule has 0 aliphatic rings. The average Bonchev–Trinajstić information content (AvgIpc) is 2.55. The summed E-state index contributed by atoms with van der Waals surface area (Å²) in [6.45, 7) is 7.52. The lowest BCUT2D eigenvalue weighted by Crippen LogP contribution is -2.29. The molecule has 1 aromatic rings. The van der Waals surface area contributed by atoms with Crippen LogP contribution in [0.1, 0.15) is 25.6 Å². The first-order chi connectivity index (χ1) is 6.50. The van der Waals surface area contributed by atoms with E-state index in [4.69, 9.17) is 4.18 Å². The van der Waals surface area contributed by atoms with Crippen LogP contribution < -0.4 is 0 Å². The summed E-state index contributed by atoms with van der Waals surface area (Å²) >= 11 is 1.86. The van der Waals surface area contributed by atoms with Crippen LogP contribution in [-0.2, 0) is 21.8 Å². The van der Waals surface area contributed by atoms with Gasteiger partial charge in [-0.25, -0.2) is 0 Å². The van der Waals surface area contributed by atoms with Crippen molar-refractivity contribution in [2.45, 2.75) is 31.9 Å². The molecule has 14 heavy (non-hydrogen) atoms. The molecule has 1 rings (SSSR count). The summed E-state index contributed by atoms with van der Waals surface area (Å²) in [5.74, 6) is 0. The molecule has 3 heteroatoms. The van der Waals surface area contributed by atoms with Gasteiger partial charge < -0.3 is 0 Å². The molecule has 0 spiro atoms. The molecule has 0 N–H and O–H groups in total. The Kier molecular flexibility index (Phi) is 4.48. The molecule has 1 heterocycles. The summed E-state index contributed by atoms with van der Waals surface area (Å²) in [5.41, 5.74) is 0. The molecule has 80 valence electrons. The monoisotopic (exact) mass is 231 g/mol. The van der Waals surface area contributed by atoms with E-state index >= 15 is 0 Å². The number of rotatable bonds is 4. The van der Waals surface area contributed by atoms with E-state index in [2.05, 4.69) is 44.5 Å². The summed E-state index contributed by atoms with van der Waals surface area (Å²) in [4.78, 5) is 1.41. The number of hydrogen-bond acceptors (Lipinski definition) is 2. The largest absolute Gasteiger partial charge is 0.173 e. The second-order valence-corrected chi connectivity index (χ2v) is 7.62. The molecule has 1 unspecified atom stereocenters. The molecule has 0 fully saturated rings. The van der Waals surface area contributed by atoms with E-state index in [1.165, 1.54) is 4.88 Å². The molecule has 0 aliphatic carbocycles.